The number of hydrogen-bond acceptors (Lipinski definition) is 4. The number of carbonyl (C=O) groups is 1. The van der Waals surface area contributed by atoms with E-state index in [0.717, 1.165) is 11.8 Å². The minimum atomic E-state index is -1.86. The fraction of sp³-hybridized carbons (Fsp3) is 0.462. The van der Waals surface area contributed by atoms with Gasteiger partial charge < -0.3 is 14.6 Å². The number of rotatable bonds is 1. The minimum absolute atomic E-state index is 0.0318. The van der Waals surface area contributed by atoms with Crippen LogP contribution in [-0.2, 0) is 11.1 Å². The van der Waals surface area contributed by atoms with Gasteiger partial charge in [-0.1, -0.05) is 36.6 Å². The molecular formula is C13H22NO4S-. The summed E-state index contributed by atoms with van der Waals surface area (Å²) in [5, 5.41) is 9.41. The van der Waals surface area contributed by atoms with E-state index in [4.69, 9.17) is 8.76 Å². The van der Waals surface area contributed by atoms with Crippen LogP contribution < -0.4 is 0 Å². The molecule has 0 radical (unpaired) electrons. The molecule has 0 aliphatic carbocycles. The Balaban J connectivity index is 0. The van der Waals surface area contributed by atoms with Crippen molar-refractivity contribution in [3.05, 3.63) is 29.3 Å². The number of benzene rings is 1. The lowest BCUT2D eigenvalue weighted by Crippen LogP contribution is -2.21. The molecule has 1 aromatic carbocycles. The predicted octanol–water partition coefficient (Wildman–Crippen LogP) is 1.92. The minimum Gasteiger partial charge on any atom is -0.773 e. The molecule has 0 saturated carbocycles. The van der Waals surface area contributed by atoms with Gasteiger partial charge in [0.25, 0.3) is 5.91 Å². The van der Waals surface area contributed by atoms with E-state index in [9.17, 15) is 9.90 Å². The van der Waals surface area contributed by atoms with Crippen LogP contribution in [0, 0.1) is 6.92 Å². The third-order valence-corrected chi connectivity index (χ3v) is 1.79. The maximum atomic E-state index is 11.5. The second-order valence-corrected chi connectivity index (χ2v) is 4.42. The summed E-state index contributed by atoms with van der Waals surface area (Å²) < 4.78 is 18.0. The Bertz CT molecular complexity index is 415. The van der Waals surface area contributed by atoms with E-state index >= 15 is 0 Å². The quantitative estimate of drug-likeness (QED) is 0.801. The molecule has 0 spiro atoms. The van der Waals surface area contributed by atoms with E-state index in [1.54, 1.807) is 26.2 Å². The van der Waals surface area contributed by atoms with Crippen molar-refractivity contribution in [3.63, 3.8) is 0 Å². The Morgan fingerprint density at radius 1 is 1.32 bits per heavy atom. The van der Waals surface area contributed by atoms with Crippen molar-refractivity contribution in [3.8, 4) is 5.75 Å². The third kappa shape index (κ3) is 9.21. The van der Waals surface area contributed by atoms with Gasteiger partial charge in [0.15, 0.2) is 0 Å². The maximum absolute atomic E-state index is 11.5. The van der Waals surface area contributed by atoms with Gasteiger partial charge in [-0.15, -0.1) is 0 Å². The van der Waals surface area contributed by atoms with Crippen molar-refractivity contribution < 1.29 is 18.7 Å². The molecule has 0 saturated heterocycles. The van der Waals surface area contributed by atoms with Gasteiger partial charge in [0.2, 0.25) is 0 Å². The SMILES string of the molecule is CC.CS(=O)[O-].Cc1ccc(O)c(C(=O)N(C)C)c1. The molecular weight excluding hydrogens is 266 g/mol. The number of amides is 1. The fourth-order valence-corrected chi connectivity index (χ4v) is 1.06. The summed E-state index contributed by atoms with van der Waals surface area (Å²) in [5.74, 6) is -0.148. The molecule has 0 aliphatic rings. The van der Waals surface area contributed by atoms with Crippen LogP contribution in [0.25, 0.3) is 0 Å². The molecule has 0 aromatic heterocycles. The first-order chi connectivity index (χ1) is 8.75. The molecule has 110 valence electrons. The van der Waals surface area contributed by atoms with Crippen molar-refractivity contribution in [2.24, 2.45) is 0 Å². The van der Waals surface area contributed by atoms with Crippen molar-refractivity contribution in [2.75, 3.05) is 20.4 Å². The highest BCUT2D eigenvalue weighted by molar-refractivity contribution is 7.78. The van der Waals surface area contributed by atoms with Gasteiger partial charge in [-0.25, -0.2) is 0 Å². The monoisotopic (exact) mass is 288 g/mol. The molecule has 6 heteroatoms. The zero-order valence-electron chi connectivity index (χ0n) is 12.3. The van der Waals surface area contributed by atoms with Gasteiger partial charge in [0.1, 0.15) is 5.75 Å². The number of hydrogen-bond donors (Lipinski definition) is 1. The number of carbonyl (C=O) groups excluding carboxylic acids is 1. The highest BCUT2D eigenvalue weighted by Crippen LogP contribution is 2.18. The van der Waals surface area contributed by atoms with E-state index in [-0.39, 0.29) is 11.7 Å². The first-order valence-electron chi connectivity index (χ1n) is 5.78. The Morgan fingerprint density at radius 3 is 2.11 bits per heavy atom. The second kappa shape index (κ2) is 10.5. The zero-order chi connectivity index (χ0) is 15.6. The first kappa shape index (κ1) is 19.9. The van der Waals surface area contributed by atoms with Crippen LogP contribution in [0.5, 0.6) is 5.75 Å². The van der Waals surface area contributed by atoms with Gasteiger partial charge in [-0.2, -0.15) is 0 Å². The normalized spacial score (nSPS) is 10.3. The molecule has 1 unspecified atom stereocenters. The van der Waals surface area contributed by atoms with Crippen molar-refractivity contribution in [1.82, 2.24) is 4.90 Å². The molecule has 1 aromatic rings. The third-order valence-electron chi connectivity index (χ3n) is 1.79. The Kier molecular flexibility index (Phi) is 11.0. The Morgan fingerprint density at radius 2 is 1.74 bits per heavy atom. The highest BCUT2D eigenvalue weighted by Gasteiger charge is 2.12. The molecule has 5 nitrogen and oxygen atoms in total. The van der Waals surface area contributed by atoms with E-state index < -0.39 is 11.1 Å². The number of aromatic hydroxyl groups is 1. The van der Waals surface area contributed by atoms with E-state index in [1.165, 1.54) is 11.0 Å². The number of phenolic OH excluding ortho intramolecular Hbond substituents is 1. The summed E-state index contributed by atoms with van der Waals surface area (Å²) in [4.78, 5) is 12.9. The summed E-state index contributed by atoms with van der Waals surface area (Å²) in [6.07, 6.45) is 1.08. The lowest BCUT2D eigenvalue weighted by atomic mass is 10.1. The van der Waals surface area contributed by atoms with Crippen LogP contribution in [-0.4, -0.2) is 45.0 Å². The van der Waals surface area contributed by atoms with Crippen LogP contribution >= 0.6 is 0 Å². The maximum Gasteiger partial charge on any atom is 0.257 e. The standard InChI is InChI=1S/C10H13NO2.C2H6.CH4O2S/c1-7-4-5-9(12)8(6-7)10(13)11(2)3;1-2;1-4(2)3/h4-6,12H,1-3H3;1-2H3;1H3,(H,2,3)/p-1. The smallest absolute Gasteiger partial charge is 0.257 e. The average Bonchev–Trinajstić information content (AvgIpc) is 2.33. The molecule has 1 amide bonds. The fourth-order valence-electron chi connectivity index (χ4n) is 1.06. The molecule has 19 heavy (non-hydrogen) atoms. The lowest BCUT2D eigenvalue weighted by molar-refractivity contribution is 0.0824. The van der Waals surface area contributed by atoms with Gasteiger partial charge in [-0.05, 0) is 25.3 Å². The lowest BCUT2D eigenvalue weighted by Gasteiger charge is -2.11. The van der Waals surface area contributed by atoms with Crippen LogP contribution in [0.1, 0.15) is 29.8 Å². The average molecular weight is 288 g/mol. The Hall–Kier alpha value is -1.40. The van der Waals surface area contributed by atoms with Gasteiger partial charge in [0, 0.05) is 14.1 Å². The van der Waals surface area contributed by atoms with Crippen LogP contribution in [0.4, 0.5) is 0 Å². The van der Waals surface area contributed by atoms with Gasteiger partial charge >= 0.3 is 0 Å². The summed E-state index contributed by atoms with van der Waals surface area (Å²) in [7, 11) is 3.31. The molecule has 0 aliphatic heterocycles. The molecule has 0 bridgehead atoms. The van der Waals surface area contributed by atoms with E-state index in [1.807, 2.05) is 20.8 Å². The molecule has 1 N–H and O–H groups in total. The molecule has 1 atom stereocenters. The van der Waals surface area contributed by atoms with Crippen molar-refractivity contribution >= 4 is 17.0 Å². The van der Waals surface area contributed by atoms with Crippen LogP contribution in [0.3, 0.4) is 0 Å². The highest BCUT2D eigenvalue weighted by atomic mass is 32.2. The zero-order valence-corrected chi connectivity index (χ0v) is 13.1. The van der Waals surface area contributed by atoms with E-state index in [0.29, 0.717) is 5.56 Å². The molecule has 1 rings (SSSR count). The number of nitrogens with zero attached hydrogens (tertiary/aromatic N) is 1. The van der Waals surface area contributed by atoms with Crippen LogP contribution in [0.2, 0.25) is 0 Å². The van der Waals surface area contributed by atoms with Crippen LogP contribution in [0.15, 0.2) is 18.2 Å². The molecule has 0 fully saturated rings. The van der Waals surface area contributed by atoms with Gasteiger partial charge in [0.05, 0.1) is 5.56 Å². The summed E-state index contributed by atoms with van der Waals surface area (Å²) in [5.41, 5.74) is 1.31. The largest absolute Gasteiger partial charge is 0.773 e. The van der Waals surface area contributed by atoms with Gasteiger partial charge in [-0.3, -0.25) is 9.00 Å². The van der Waals surface area contributed by atoms with Crippen molar-refractivity contribution in [2.45, 2.75) is 20.8 Å². The summed E-state index contributed by atoms with van der Waals surface area (Å²) >= 11 is -1.86. The number of phenols is 1. The summed E-state index contributed by atoms with van der Waals surface area (Å²) in [6.45, 7) is 5.88. The summed E-state index contributed by atoms with van der Waals surface area (Å²) in [6, 6.07) is 4.98. The topological polar surface area (TPSA) is 80.7 Å². The predicted molar refractivity (Wildman–Crippen MR) is 77.1 cm³/mol. The first-order valence-corrected chi connectivity index (χ1v) is 7.26. The van der Waals surface area contributed by atoms with Crippen molar-refractivity contribution in [1.29, 1.82) is 0 Å². The Labute approximate surface area is 117 Å². The number of aryl methyl sites for hydroxylation is 1. The van der Waals surface area contributed by atoms with E-state index in [2.05, 4.69) is 0 Å². The molecule has 0 heterocycles. The second-order valence-electron chi connectivity index (χ2n) is 3.62.